The summed E-state index contributed by atoms with van der Waals surface area (Å²) in [5.74, 6) is 1.22. The predicted octanol–water partition coefficient (Wildman–Crippen LogP) is 2.09. The van der Waals surface area contributed by atoms with Crippen LogP contribution in [-0.4, -0.2) is 41.2 Å². The highest BCUT2D eigenvalue weighted by atomic mass is 32.1. The van der Waals surface area contributed by atoms with Crippen LogP contribution in [0.15, 0.2) is 24.3 Å². The fourth-order valence-corrected chi connectivity index (χ4v) is 5.17. The largest absolute Gasteiger partial charge is 0.391 e. The number of thiazole rings is 1. The summed E-state index contributed by atoms with van der Waals surface area (Å²) in [5, 5.41) is 17.8. The van der Waals surface area contributed by atoms with Crippen LogP contribution in [0.1, 0.15) is 30.7 Å². The molecule has 0 spiro atoms. The highest BCUT2D eigenvalue weighted by molar-refractivity contribution is 7.18. The second-order valence-electron chi connectivity index (χ2n) is 7.32. The molecule has 1 aliphatic carbocycles. The lowest BCUT2D eigenvalue weighted by atomic mass is 9.77. The van der Waals surface area contributed by atoms with Gasteiger partial charge in [0.1, 0.15) is 0 Å². The number of para-hydroxylation sites is 1. The predicted molar refractivity (Wildman–Crippen MR) is 99.6 cm³/mol. The smallest absolute Gasteiger partial charge is 0.220 e. The van der Waals surface area contributed by atoms with Gasteiger partial charge in [-0.2, -0.15) is 0 Å². The summed E-state index contributed by atoms with van der Waals surface area (Å²) < 4.78 is 1.20. The van der Waals surface area contributed by atoms with Crippen LogP contribution < -0.4 is 10.6 Å². The average molecular weight is 359 g/mol. The van der Waals surface area contributed by atoms with E-state index in [4.69, 9.17) is 0 Å². The van der Waals surface area contributed by atoms with E-state index in [-0.39, 0.29) is 11.9 Å². The molecule has 1 amide bonds. The number of nitrogens with one attached hydrogen (secondary N) is 2. The van der Waals surface area contributed by atoms with Crippen molar-refractivity contribution < 1.29 is 9.90 Å². The van der Waals surface area contributed by atoms with Crippen LogP contribution in [0.2, 0.25) is 0 Å². The van der Waals surface area contributed by atoms with Crippen LogP contribution in [0.5, 0.6) is 0 Å². The van der Waals surface area contributed by atoms with Gasteiger partial charge in [0.15, 0.2) is 0 Å². The number of carbonyl (C=O) groups excluding carboxylic acids is 1. The Bertz CT molecular complexity index is 714. The molecule has 1 aliphatic heterocycles. The minimum Gasteiger partial charge on any atom is -0.391 e. The van der Waals surface area contributed by atoms with Crippen molar-refractivity contribution in [1.82, 2.24) is 15.6 Å². The number of fused-ring (bicyclic) bond motifs is 2. The summed E-state index contributed by atoms with van der Waals surface area (Å²) >= 11 is 1.71. The number of hydrogen-bond donors (Lipinski definition) is 3. The first-order chi connectivity index (χ1) is 12.2. The van der Waals surface area contributed by atoms with Crippen LogP contribution in [0, 0.1) is 11.8 Å². The van der Waals surface area contributed by atoms with E-state index in [1.54, 1.807) is 11.3 Å². The van der Waals surface area contributed by atoms with Crippen molar-refractivity contribution in [3.05, 3.63) is 29.3 Å². The Morgan fingerprint density at radius 3 is 2.92 bits per heavy atom. The number of amides is 1. The Labute approximate surface area is 151 Å². The van der Waals surface area contributed by atoms with Crippen LogP contribution >= 0.6 is 11.3 Å². The fraction of sp³-hybridized carbons (Fsp3) is 0.579. The highest BCUT2D eigenvalue weighted by Crippen LogP contribution is 2.33. The minimum atomic E-state index is -0.408. The lowest BCUT2D eigenvalue weighted by molar-refractivity contribution is -0.123. The van der Waals surface area contributed by atoms with E-state index in [1.807, 2.05) is 18.2 Å². The van der Waals surface area contributed by atoms with Gasteiger partial charge in [-0.15, -0.1) is 11.3 Å². The number of carbonyl (C=O) groups is 1. The molecule has 3 N–H and O–H groups in total. The number of rotatable bonds is 5. The van der Waals surface area contributed by atoms with Crippen molar-refractivity contribution in [2.45, 2.75) is 44.2 Å². The van der Waals surface area contributed by atoms with E-state index in [1.165, 1.54) is 4.70 Å². The lowest BCUT2D eigenvalue weighted by Crippen LogP contribution is -2.49. The second-order valence-corrected chi connectivity index (χ2v) is 8.44. The summed E-state index contributed by atoms with van der Waals surface area (Å²) in [6.45, 7) is 2.02. The third-order valence-corrected chi connectivity index (χ3v) is 6.62. The summed E-state index contributed by atoms with van der Waals surface area (Å²) in [4.78, 5) is 16.9. The normalized spacial score (nSPS) is 28.8. The van der Waals surface area contributed by atoms with Crippen LogP contribution in [0.3, 0.4) is 0 Å². The number of benzene rings is 1. The van der Waals surface area contributed by atoms with Crippen molar-refractivity contribution in [3.63, 3.8) is 0 Å². The summed E-state index contributed by atoms with van der Waals surface area (Å²) in [6.07, 6.45) is 3.40. The zero-order valence-electron chi connectivity index (χ0n) is 14.3. The maximum absolute atomic E-state index is 12.3. The van der Waals surface area contributed by atoms with Crippen molar-refractivity contribution in [2.24, 2.45) is 11.8 Å². The van der Waals surface area contributed by atoms with Crippen LogP contribution in [0.4, 0.5) is 0 Å². The standard InChI is InChI=1S/C19H25N3O2S/c23-16-9-13-11-20-10-12(13)8-15(16)21-18(24)6-3-7-19-22-14-4-1-2-5-17(14)25-19/h1-2,4-5,12-13,15-16,20,23H,3,6-11H2,(H,21,24)/t12-,13+,15-,16-/m0/s1. The molecule has 2 aromatic rings. The number of aliphatic hydroxyl groups is 1. The molecule has 4 atom stereocenters. The Hall–Kier alpha value is -1.50. The van der Waals surface area contributed by atoms with Gasteiger partial charge in [-0.3, -0.25) is 4.79 Å². The van der Waals surface area contributed by atoms with E-state index >= 15 is 0 Å². The van der Waals surface area contributed by atoms with Gasteiger partial charge in [0.2, 0.25) is 5.91 Å². The van der Waals surface area contributed by atoms with Gasteiger partial charge in [-0.05, 0) is 62.7 Å². The van der Waals surface area contributed by atoms with Gasteiger partial charge in [-0.1, -0.05) is 12.1 Å². The molecule has 0 radical (unpaired) electrons. The molecule has 1 saturated carbocycles. The third kappa shape index (κ3) is 3.86. The Morgan fingerprint density at radius 1 is 1.28 bits per heavy atom. The van der Waals surface area contributed by atoms with Gasteiger partial charge in [0.25, 0.3) is 0 Å². The average Bonchev–Trinajstić information content (AvgIpc) is 3.20. The topological polar surface area (TPSA) is 74.2 Å². The quantitative estimate of drug-likeness (QED) is 0.764. The minimum absolute atomic E-state index is 0.0505. The second kappa shape index (κ2) is 7.40. The van der Waals surface area contributed by atoms with E-state index in [0.29, 0.717) is 18.3 Å². The molecule has 25 heavy (non-hydrogen) atoms. The molecule has 1 aromatic carbocycles. The van der Waals surface area contributed by atoms with E-state index in [9.17, 15) is 9.90 Å². The first-order valence-corrected chi connectivity index (χ1v) is 10.0. The Kier molecular flexibility index (Phi) is 5.01. The highest BCUT2D eigenvalue weighted by Gasteiger charge is 2.39. The SMILES string of the molecule is O=C(CCCc1nc2ccccc2s1)N[C@H]1C[C@H]2CNC[C@H]2C[C@@H]1O. The zero-order valence-corrected chi connectivity index (χ0v) is 15.1. The molecule has 2 aliphatic rings. The fourth-order valence-electron chi connectivity index (χ4n) is 4.16. The summed E-state index contributed by atoms with van der Waals surface area (Å²) in [5.41, 5.74) is 1.04. The molecule has 0 bridgehead atoms. The van der Waals surface area contributed by atoms with Crippen molar-refractivity contribution in [2.75, 3.05) is 13.1 Å². The molecule has 2 heterocycles. The first-order valence-electron chi connectivity index (χ1n) is 9.21. The third-order valence-electron chi connectivity index (χ3n) is 5.52. The van der Waals surface area contributed by atoms with Crippen LogP contribution in [-0.2, 0) is 11.2 Å². The van der Waals surface area contributed by atoms with Crippen molar-refractivity contribution in [1.29, 1.82) is 0 Å². The molecule has 1 aromatic heterocycles. The lowest BCUT2D eigenvalue weighted by Gasteiger charge is -2.35. The maximum Gasteiger partial charge on any atom is 0.220 e. The zero-order chi connectivity index (χ0) is 17.2. The number of aryl methyl sites for hydroxylation is 1. The Balaban J connectivity index is 1.25. The number of aliphatic hydroxyl groups excluding tert-OH is 1. The molecular weight excluding hydrogens is 334 g/mol. The molecule has 6 heteroatoms. The molecule has 5 nitrogen and oxygen atoms in total. The number of nitrogens with zero attached hydrogens (tertiary/aromatic N) is 1. The maximum atomic E-state index is 12.3. The molecule has 2 fully saturated rings. The molecule has 0 unspecified atom stereocenters. The van der Waals surface area contributed by atoms with E-state index < -0.39 is 6.10 Å². The molecular formula is C19H25N3O2S. The number of aromatic nitrogens is 1. The van der Waals surface area contributed by atoms with Gasteiger partial charge in [-0.25, -0.2) is 4.98 Å². The molecule has 4 rings (SSSR count). The monoisotopic (exact) mass is 359 g/mol. The summed E-state index contributed by atoms with van der Waals surface area (Å²) in [7, 11) is 0. The van der Waals surface area contributed by atoms with Gasteiger partial charge >= 0.3 is 0 Å². The van der Waals surface area contributed by atoms with E-state index in [2.05, 4.69) is 21.7 Å². The van der Waals surface area contributed by atoms with Crippen molar-refractivity contribution >= 4 is 27.5 Å². The molecule has 134 valence electrons. The van der Waals surface area contributed by atoms with Gasteiger partial charge in [0.05, 0.1) is 27.4 Å². The summed E-state index contributed by atoms with van der Waals surface area (Å²) in [6, 6.07) is 8.05. The van der Waals surface area contributed by atoms with E-state index in [0.717, 1.165) is 49.3 Å². The Morgan fingerprint density at radius 2 is 2.08 bits per heavy atom. The van der Waals surface area contributed by atoms with Crippen molar-refractivity contribution in [3.8, 4) is 0 Å². The van der Waals surface area contributed by atoms with Gasteiger partial charge in [0, 0.05) is 6.42 Å². The van der Waals surface area contributed by atoms with Gasteiger partial charge < -0.3 is 15.7 Å². The molecule has 1 saturated heterocycles. The van der Waals surface area contributed by atoms with Crippen LogP contribution in [0.25, 0.3) is 10.2 Å². The number of hydrogen-bond acceptors (Lipinski definition) is 5. The first kappa shape index (κ1) is 16.9.